The molecule has 0 fully saturated rings. The predicted molar refractivity (Wildman–Crippen MR) is 96.8 cm³/mol. The van der Waals surface area contributed by atoms with E-state index < -0.39 is 0 Å². The number of aryl methyl sites for hydroxylation is 1. The lowest BCUT2D eigenvalue weighted by Crippen LogP contribution is -2.31. The highest BCUT2D eigenvalue weighted by Crippen LogP contribution is 2.23. The zero-order valence-electron chi connectivity index (χ0n) is 13.3. The van der Waals surface area contributed by atoms with Crippen LogP contribution in [0.1, 0.15) is 12.5 Å². The van der Waals surface area contributed by atoms with Crippen molar-refractivity contribution in [1.82, 2.24) is 0 Å². The Morgan fingerprint density at radius 3 is 2.52 bits per heavy atom. The van der Waals surface area contributed by atoms with Gasteiger partial charge >= 0.3 is 0 Å². The Labute approximate surface area is 136 Å². The number of hydrogen-bond donors (Lipinski definition) is 2. The third-order valence-corrected chi connectivity index (χ3v) is 3.84. The molecule has 3 aromatic rings. The molecule has 0 heterocycles. The summed E-state index contributed by atoms with van der Waals surface area (Å²) in [6.07, 6.45) is 0. The molecule has 3 heteroatoms. The number of carbonyl (C=O) groups excluding carboxylic acids is 1. The summed E-state index contributed by atoms with van der Waals surface area (Å²) in [5, 5.41) is 8.53. The summed E-state index contributed by atoms with van der Waals surface area (Å²) in [7, 11) is 0. The molecular formula is C20H20N2O. The first kappa shape index (κ1) is 15.1. The number of nitrogens with one attached hydrogen (secondary N) is 2. The highest BCUT2D eigenvalue weighted by atomic mass is 16.2. The van der Waals surface area contributed by atoms with Gasteiger partial charge in [-0.3, -0.25) is 4.79 Å². The van der Waals surface area contributed by atoms with Gasteiger partial charge in [0.25, 0.3) is 0 Å². The summed E-state index contributed by atoms with van der Waals surface area (Å²) in [5.74, 6) is -0.0523. The molecule has 0 bridgehead atoms. The number of fused-ring (bicyclic) bond motifs is 1. The lowest BCUT2D eigenvalue weighted by Gasteiger charge is -2.17. The van der Waals surface area contributed by atoms with E-state index >= 15 is 0 Å². The largest absolute Gasteiger partial charge is 0.373 e. The van der Waals surface area contributed by atoms with Crippen molar-refractivity contribution >= 4 is 28.1 Å². The molecule has 0 radical (unpaired) electrons. The third kappa shape index (κ3) is 3.51. The molecule has 0 saturated heterocycles. The topological polar surface area (TPSA) is 41.1 Å². The average molecular weight is 304 g/mol. The minimum absolute atomic E-state index is 0.0523. The van der Waals surface area contributed by atoms with Gasteiger partial charge in [0, 0.05) is 16.8 Å². The van der Waals surface area contributed by atoms with Crippen LogP contribution in [0.2, 0.25) is 0 Å². The van der Waals surface area contributed by atoms with Gasteiger partial charge in [-0.25, -0.2) is 0 Å². The zero-order valence-corrected chi connectivity index (χ0v) is 13.3. The maximum absolute atomic E-state index is 12.4. The second kappa shape index (κ2) is 6.53. The number of rotatable bonds is 4. The second-order valence-electron chi connectivity index (χ2n) is 5.75. The summed E-state index contributed by atoms with van der Waals surface area (Å²) in [6.45, 7) is 3.88. The summed E-state index contributed by atoms with van der Waals surface area (Å²) in [5.41, 5.74) is 2.91. The summed E-state index contributed by atoms with van der Waals surface area (Å²) >= 11 is 0. The molecular weight excluding hydrogens is 284 g/mol. The van der Waals surface area contributed by atoms with Crippen LogP contribution in [0.25, 0.3) is 10.8 Å². The zero-order chi connectivity index (χ0) is 16.2. The van der Waals surface area contributed by atoms with Crippen LogP contribution in [0.3, 0.4) is 0 Å². The Balaban J connectivity index is 1.75. The van der Waals surface area contributed by atoms with Gasteiger partial charge in [0.15, 0.2) is 0 Å². The average Bonchev–Trinajstić information content (AvgIpc) is 2.55. The van der Waals surface area contributed by atoms with Crippen LogP contribution >= 0.6 is 0 Å². The second-order valence-corrected chi connectivity index (χ2v) is 5.75. The molecule has 3 aromatic carbocycles. The van der Waals surface area contributed by atoms with E-state index in [1.54, 1.807) is 0 Å². The summed E-state index contributed by atoms with van der Waals surface area (Å²) in [6, 6.07) is 21.7. The summed E-state index contributed by atoms with van der Waals surface area (Å²) in [4.78, 5) is 12.4. The van der Waals surface area contributed by atoms with E-state index in [2.05, 4.69) is 28.8 Å². The molecule has 3 rings (SSSR count). The molecule has 0 unspecified atom stereocenters. The van der Waals surface area contributed by atoms with Gasteiger partial charge in [-0.15, -0.1) is 0 Å². The molecule has 0 aliphatic rings. The molecule has 3 nitrogen and oxygen atoms in total. The quantitative estimate of drug-likeness (QED) is 0.740. The predicted octanol–water partition coefficient (Wildman–Crippen LogP) is 4.59. The molecule has 0 spiro atoms. The van der Waals surface area contributed by atoms with Gasteiger partial charge in [0.1, 0.15) is 6.04 Å². The number of hydrogen-bond acceptors (Lipinski definition) is 2. The normalized spacial score (nSPS) is 11.9. The first-order valence-electron chi connectivity index (χ1n) is 7.75. The lowest BCUT2D eigenvalue weighted by atomic mass is 10.1. The molecule has 1 atom stereocenters. The van der Waals surface area contributed by atoms with Crippen LogP contribution in [0, 0.1) is 6.92 Å². The first-order chi connectivity index (χ1) is 11.1. The van der Waals surface area contributed by atoms with Crippen molar-refractivity contribution in [3.05, 3.63) is 72.3 Å². The van der Waals surface area contributed by atoms with Gasteiger partial charge in [0.2, 0.25) is 5.91 Å². The van der Waals surface area contributed by atoms with Crippen molar-refractivity contribution in [2.75, 3.05) is 10.6 Å². The van der Waals surface area contributed by atoms with Gasteiger partial charge < -0.3 is 10.6 Å². The third-order valence-electron chi connectivity index (χ3n) is 3.84. The first-order valence-corrected chi connectivity index (χ1v) is 7.75. The number of carbonyl (C=O) groups is 1. The monoisotopic (exact) mass is 304 g/mol. The maximum atomic E-state index is 12.4. The highest BCUT2D eigenvalue weighted by Gasteiger charge is 2.13. The van der Waals surface area contributed by atoms with Crippen LogP contribution in [0.15, 0.2) is 66.7 Å². The van der Waals surface area contributed by atoms with Crippen LogP contribution in [0.4, 0.5) is 11.4 Å². The van der Waals surface area contributed by atoms with Crippen molar-refractivity contribution in [3.8, 4) is 0 Å². The summed E-state index contributed by atoms with van der Waals surface area (Å²) < 4.78 is 0. The minimum atomic E-state index is -0.332. The molecule has 0 saturated carbocycles. The van der Waals surface area contributed by atoms with Crippen molar-refractivity contribution in [1.29, 1.82) is 0 Å². The van der Waals surface area contributed by atoms with E-state index in [0.29, 0.717) is 0 Å². The van der Waals surface area contributed by atoms with Crippen molar-refractivity contribution in [2.24, 2.45) is 0 Å². The lowest BCUT2D eigenvalue weighted by molar-refractivity contribution is -0.116. The molecule has 116 valence electrons. The number of benzene rings is 3. The Kier molecular flexibility index (Phi) is 4.29. The van der Waals surface area contributed by atoms with E-state index in [1.165, 1.54) is 0 Å². The van der Waals surface area contributed by atoms with Crippen LogP contribution < -0.4 is 10.6 Å². The molecule has 1 amide bonds. The van der Waals surface area contributed by atoms with E-state index in [-0.39, 0.29) is 11.9 Å². The fourth-order valence-electron chi connectivity index (χ4n) is 2.62. The van der Waals surface area contributed by atoms with Crippen molar-refractivity contribution in [3.63, 3.8) is 0 Å². The maximum Gasteiger partial charge on any atom is 0.246 e. The van der Waals surface area contributed by atoms with Gasteiger partial charge in [0.05, 0.1) is 0 Å². The molecule has 0 aromatic heterocycles. The fraction of sp³-hybridized carbons (Fsp3) is 0.150. The Hall–Kier alpha value is -2.81. The molecule has 0 aliphatic heterocycles. The van der Waals surface area contributed by atoms with Gasteiger partial charge in [-0.2, -0.15) is 0 Å². The molecule has 2 N–H and O–H groups in total. The van der Waals surface area contributed by atoms with E-state index in [0.717, 1.165) is 27.7 Å². The van der Waals surface area contributed by atoms with Crippen LogP contribution in [-0.2, 0) is 4.79 Å². The number of amides is 1. The van der Waals surface area contributed by atoms with E-state index in [4.69, 9.17) is 0 Å². The Bertz CT molecular complexity index is 836. The van der Waals surface area contributed by atoms with Crippen molar-refractivity contribution < 1.29 is 4.79 Å². The van der Waals surface area contributed by atoms with Crippen LogP contribution in [-0.4, -0.2) is 11.9 Å². The van der Waals surface area contributed by atoms with Gasteiger partial charge in [-0.05, 0) is 43.0 Å². The smallest absolute Gasteiger partial charge is 0.246 e. The van der Waals surface area contributed by atoms with E-state index in [1.807, 2.05) is 62.4 Å². The Morgan fingerprint density at radius 2 is 1.70 bits per heavy atom. The highest BCUT2D eigenvalue weighted by molar-refractivity contribution is 5.99. The van der Waals surface area contributed by atoms with Crippen molar-refractivity contribution in [2.45, 2.75) is 19.9 Å². The Morgan fingerprint density at radius 1 is 0.957 bits per heavy atom. The fourth-order valence-corrected chi connectivity index (χ4v) is 2.62. The minimum Gasteiger partial charge on any atom is -0.373 e. The van der Waals surface area contributed by atoms with E-state index in [9.17, 15) is 4.79 Å². The van der Waals surface area contributed by atoms with Gasteiger partial charge in [-0.1, -0.05) is 48.5 Å². The van der Waals surface area contributed by atoms with Crippen LogP contribution in [0.5, 0.6) is 0 Å². The SMILES string of the molecule is Cc1cccc(NC(=O)[C@H](C)Nc2cccc3ccccc23)c1. The standard InChI is InChI=1S/C20H20N2O/c1-14-7-5-10-17(13-14)22-20(23)15(2)21-19-12-6-9-16-8-3-4-11-18(16)19/h3-13,15,21H,1-2H3,(H,22,23)/t15-/m0/s1. The number of anilines is 2. The molecule has 23 heavy (non-hydrogen) atoms. The molecule has 0 aliphatic carbocycles.